The van der Waals surface area contributed by atoms with Crippen LogP contribution in [0.4, 0.5) is 0 Å². The quantitative estimate of drug-likeness (QED) is 0.421. The van der Waals surface area contributed by atoms with Crippen molar-refractivity contribution >= 4 is 5.71 Å². The normalized spacial score (nSPS) is 18.1. The number of rotatable bonds is 0. The summed E-state index contributed by atoms with van der Waals surface area (Å²) in [4.78, 5) is 0. The van der Waals surface area contributed by atoms with Crippen molar-refractivity contribution < 1.29 is 0 Å². The Balaban J connectivity index is 2.53. The van der Waals surface area contributed by atoms with Gasteiger partial charge in [-0.2, -0.15) is 10.4 Å². The molecule has 0 saturated carbocycles. The Hall–Kier alpha value is -1.08. The van der Waals surface area contributed by atoms with E-state index < -0.39 is 0 Å². The maximum Gasteiger partial charge on any atom is 0.151 e. The zero-order chi connectivity index (χ0) is 5.82. The van der Waals surface area contributed by atoms with Gasteiger partial charge in [0.05, 0.1) is 13.2 Å². The summed E-state index contributed by atoms with van der Waals surface area (Å²) in [6.45, 7) is 1.24. The summed E-state index contributed by atoms with van der Waals surface area (Å²) in [5.41, 5.74) is 3.15. The van der Waals surface area contributed by atoms with Crippen LogP contribution in [-0.4, -0.2) is 18.9 Å². The molecule has 1 heterocycles. The SMILES string of the molecule is N#CC1=NNCNC1. The van der Waals surface area contributed by atoms with Gasteiger partial charge in [0.15, 0.2) is 5.71 Å². The van der Waals surface area contributed by atoms with E-state index in [9.17, 15) is 0 Å². The second kappa shape index (κ2) is 2.28. The van der Waals surface area contributed by atoms with Gasteiger partial charge >= 0.3 is 0 Å². The average Bonchev–Trinajstić information content (AvgIpc) is 1.90. The summed E-state index contributed by atoms with van der Waals surface area (Å²) in [5, 5.41) is 14.8. The Kier molecular flexibility index (Phi) is 1.45. The van der Waals surface area contributed by atoms with Crippen LogP contribution in [0.3, 0.4) is 0 Å². The van der Waals surface area contributed by atoms with Gasteiger partial charge in [0.1, 0.15) is 6.07 Å². The number of hydrazone groups is 1. The Morgan fingerprint density at radius 1 is 1.75 bits per heavy atom. The van der Waals surface area contributed by atoms with Crippen LogP contribution in [0.5, 0.6) is 0 Å². The molecule has 4 nitrogen and oxygen atoms in total. The van der Waals surface area contributed by atoms with E-state index in [-0.39, 0.29) is 0 Å². The highest BCUT2D eigenvalue weighted by Crippen LogP contribution is 1.75. The van der Waals surface area contributed by atoms with Crippen molar-refractivity contribution in [1.82, 2.24) is 10.7 Å². The van der Waals surface area contributed by atoms with E-state index in [2.05, 4.69) is 15.8 Å². The van der Waals surface area contributed by atoms with Gasteiger partial charge in [-0.05, 0) is 0 Å². The van der Waals surface area contributed by atoms with Crippen molar-refractivity contribution in [2.45, 2.75) is 0 Å². The lowest BCUT2D eigenvalue weighted by atomic mass is 10.4. The smallest absolute Gasteiger partial charge is 0.151 e. The maximum atomic E-state index is 8.23. The predicted molar refractivity (Wildman–Crippen MR) is 29.1 cm³/mol. The highest BCUT2D eigenvalue weighted by Gasteiger charge is 1.99. The van der Waals surface area contributed by atoms with Crippen LogP contribution in [-0.2, 0) is 0 Å². The van der Waals surface area contributed by atoms with Gasteiger partial charge in [-0.25, -0.2) is 0 Å². The van der Waals surface area contributed by atoms with Crippen LogP contribution in [0, 0.1) is 11.3 Å². The Morgan fingerprint density at radius 2 is 2.62 bits per heavy atom. The zero-order valence-corrected chi connectivity index (χ0v) is 4.31. The molecule has 42 valence electrons. The molecule has 1 aliphatic heterocycles. The molecule has 0 fully saturated rings. The standard InChI is InChI=1S/C4H6N4/c5-1-4-2-6-3-7-8-4/h6-7H,2-3H2. The van der Waals surface area contributed by atoms with E-state index in [1.807, 2.05) is 6.07 Å². The molecule has 0 aromatic rings. The van der Waals surface area contributed by atoms with Crippen molar-refractivity contribution in [2.24, 2.45) is 5.10 Å². The molecule has 0 bridgehead atoms. The molecule has 1 rings (SSSR count). The molecule has 2 N–H and O–H groups in total. The molecule has 0 aliphatic carbocycles. The highest BCUT2D eigenvalue weighted by atomic mass is 15.4. The van der Waals surface area contributed by atoms with Gasteiger partial charge < -0.3 is 0 Å². The lowest BCUT2D eigenvalue weighted by molar-refractivity contribution is 0.616. The maximum absolute atomic E-state index is 8.23. The lowest BCUT2D eigenvalue weighted by Crippen LogP contribution is -2.36. The highest BCUT2D eigenvalue weighted by molar-refractivity contribution is 6.00. The summed E-state index contributed by atoms with van der Waals surface area (Å²) in [6.07, 6.45) is 0. The average molecular weight is 110 g/mol. The van der Waals surface area contributed by atoms with E-state index in [1.165, 1.54) is 0 Å². The molecule has 0 radical (unpaired) electrons. The molecule has 0 atom stereocenters. The van der Waals surface area contributed by atoms with Gasteiger partial charge in [0, 0.05) is 0 Å². The fourth-order valence-corrected chi connectivity index (χ4v) is 0.476. The van der Waals surface area contributed by atoms with Crippen molar-refractivity contribution in [3.63, 3.8) is 0 Å². The fraction of sp³-hybridized carbons (Fsp3) is 0.500. The topological polar surface area (TPSA) is 60.2 Å². The van der Waals surface area contributed by atoms with Crippen LogP contribution in [0.25, 0.3) is 0 Å². The molecule has 0 unspecified atom stereocenters. The molecule has 1 aliphatic rings. The van der Waals surface area contributed by atoms with E-state index in [0.717, 1.165) is 0 Å². The molecule has 4 heteroatoms. The number of hydrogen-bond donors (Lipinski definition) is 2. The molecule has 8 heavy (non-hydrogen) atoms. The van der Waals surface area contributed by atoms with E-state index in [1.54, 1.807) is 0 Å². The summed E-state index contributed by atoms with van der Waals surface area (Å²) in [7, 11) is 0. The third-order valence-corrected chi connectivity index (χ3v) is 0.840. The second-order valence-corrected chi connectivity index (χ2v) is 1.43. The van der Waals surface area contributed by atoms with Crippen molar-refractivity contribution in [3.05, 3.63) is 0 Å². The minimum Gasteiger partial charge on any atom is -0.295 e. The minimum atomic E-state index is 0.510. The lowest BCUT2D eigenvalue weighted by Gasteiger charge is -2.07. The van der Waals surface area contributed by atoms with Gasteiger partial charge in [-0.3, -0.25) is 10.7 Å². The van der Waals surface area contributed by atoms with Crippen molar-refractivity contribution in [1.29, 1.82) is 5.26 Å². The van der Waals surface area contributed by atoms with Crippen LogP contribution in [0.1, 0.15) is 0 Å². The first-order valence-corrected chi connectivity index (χ1v) is 2.34. The van der Waals surface area contributed by atoms with Crippen LogP contribution in [0.15, 0.2) is 5.10 Å². The summed E-state index contributed by atoms with van der Waals surface area (Å²) < 4.78 is 0. The zero-order valence-electron chi connectivity index (χ0n) is 4.31. The Labute approximate surface area is 47.2 Å². The largest absolute Gasteiger partial charge is 0.295 e. The first-order valence-electron chi connectivity index (χ1n) is 2.34. The van der Waals surface area contributed by atoms with Gasteiger partial charge in [-0.1, -0.05) is 0 Å². The van der Waals surface area contributed by atoms with Gasteiger partial charge in [0.25, 0.3) is 0 Å². The number of nitrogens with one attached hydrogen (secondary N) is 2. The summed E-state index contributed by atoms with van der Waals surface area (Å²) in [5.74, 6) is 0. The number of nitriles is 1. The van der Waals surface area contributed by atoms with E-state index >= 15 is 0 Å². The molecule has 0 aromatic carbocycles. The molecule has 0 amide bonds. The molecular weight excluding hydrogens is 104 g/mol. The van der Waals surface area contributed by atoms with E-state index in [0.29, 0.717) is 18.9 Å². The number of hydrogen-bond acceptors (Lipinski definition) is 4. The molecule has 0 spiro atoms. The Morgan fingerprint density at radius 3 is 3.00 bits per heavy atom. The predicted octanol–water partition coefficient (Wildman–Crippen LogP) is -0.984. The Bertz CT molecular complexity index is 143. The first kappa shape index (κ1) is 5.06. The number of nitrogens with zero attached hydrogens (tertiary/aromatic N) is 2. The van der Waals surface area contributed by atoms with Crippen molar-refractivity contribution in [2.75, 3.05) is 13.2 Å². The third kappa shape index (κ3) is 0.950. The molecule has 0 saturated heterocycles. The van der Waals surface area contributed by atoms with E-state index in [4.69, 9.17) is 5.26 Å². The molecular formula is C4H6N4. The fourth-order valence-electron chi connectivity index (χ4n) is 0.476. The van der Waals surface area contributed by atoms with Crippen LogP contribution in [0.2, 0.25) is 0 Å². The second-order valence-electron chi connectivity index (χ2n) is 1.43. The van der Waals surface area contributed by atoms with Crippen LogP contribution >= 0.6 is 0 Å². The summed E-state index contributed by atoms with van der Waals surface area (Å²) in [6, 6.07) is 1.93. The van der Waals surface area contributed by atoms with Crippen LogP contribution < -0.4 is 10.7 Å². The monoisotopic (exact) mass is 110 g/mol. The third-order valence-electron chi connectivity index (χ3n) is 0.840. The summed E-state index contributed by atoms with van der Waals surface area (Å²) >= 11 is 0. The minimum absolute atomic E-state index is 0.510. The van der Waals surface area contributed by atoms with Gasteiger partial charge in [0.2, 0.25) is 0 Å². The van der Waals surface area contributed by atoms with Gasteiger partial charge in [-0.15, -0.1) is 0 Å². The first-order chi connectivity index (χ1) is 3.93. The van der Waals surface area contributed by atoms with Crippen molar-refractivity contribution in [3.8, 4) is 6.07 Å². The molecule has 0 aromatic heterocycles.